The van der Waals surface area contributed by atoms with Gasteiger partial charge < -0.3 is 16.0 Å². The molecule has 0 unspecified atom stereocenters. The number of hydrogen-bond acceptors (Lipinski definition) is 4. The van der Waals surface area contributed by atoms with Crippen molar-refractivity contribution in [3.63, 3.8) is 0 Å². The van der Waals surface area contributed by atoms with Gasteiger partial charge in [0.1, 0.15) is 0 Å². The molecule has 0 bridgehead atoms. The molecule has 5 nitrogen and oxygen atoms in total. The quantitative estimate of drug-likeness (QED) is 0.729. The highest BCUT2D eigenvalue weighted by atomic mass is 35.5. The molecule has 2 aliphatic rings. The summed E-state index contributed by atoms with van der Waals surface area (Å²) in [7, 11) is 0. The minimum atomic E-state index is 0. The van der Waals surface area contributed by atoms with Gasteiger partial charge in [0.25, 0.3) is 0 Å². The number of carbonyl (C=O) groups is 1. The van der Waals surface area contributed by atoms with Gasteiger partial charge in [0, 0.05) is 50.4 Å². The Hall–Kier alpha value is -1.79. The molecule has 2 aliphatic heterocycles. The predicted octanol–water partition coefficient (Wildman–Crippen LogP) is 2.44. The number of hydrogen-bond donors (Lipinski definition) is 2. The molecule has 2 atom stereocenters. The minimum absolute atomic E-state index is 0. The Labute approximate surface area is 185 Å². The zero-order valence-electron chi connectivity index (χ0n) is 16.5. The summed E-state index contributed by atoms with van der Waals surface area (Å²) in [6.07, 6.45) is 1.09. The lowest BCUT2D eigenvalue weighted by atomic mass is 9.95. The maximum absolute atomic E-state index is 12.4. The van der Waals surface area contributed by atoms with Gasteiger partial charge in [0.05, 0.1) is 6.54 Å². The van der Waals surface area contributed by atoms with Crippen LogP contribution in [0.5, 0.6) is 0 Å². The molecule has 0 aliphatic carbocycles. The van der Waals surface area contributed by atoms with Crippen molar-refractivity contribution in [2.24, 2.45) is 5.73 Å². The van der Waals surface area contributed by atoms with Crippen molar-refractivity contribution < 1.29 is 4.79 Å². The number of anilines is 1. The van der Waals surface area contributed by atoms with Gasteiger partial charge in [0.15, 0.2) is 0 Å². The number of halogens is 2. The van der Waals surface area contributed by atoms with Gasteiger partial charge >= 0.3 is 0 Å². The second-order valence-electron chi connectivity index (χ2n) is 7.59. The van der Waals surface area contributed by atoms with Crippen LogP contribution >= 0.6 is 24.8 Å². The highest BCUT2D eigenvalue weighted by molar-refractivity contribution is 5.85. The fourth-order valence-electron chi connectivity index (χ4n) is 4.32. The fourth-order valence-corrected chi connectivity index (χ4v) is 4.32. The molecule has 0 spiro atoms. The second kappa shape index (κ2) is 10.8. The second-order valence-corrected chi connectivity index (χ2v) is 7.59. The molecular formula is C22H30Cl2N4O. The minimum Gasteiger partial charge on any atom is -0.369 e. The van der Waals surface area contributed by atoms with Crippen LogP contribution in [0.15, 0.2) is 54.6 Å². The first-order valence-electron chi connectivity index (χ1n) is 9.83. The molecule has 2 aromatic rings. The molecule has 2 aromatic carbocycles. The average Bonchev–Trinajstić information content (AvgIpc) is 3.26. The Bertz CT molecular complexity index is 789. The summed E-state index contributed by atoms with van der Waals surface area (Å²) in [6.45, 7) is 4.61. The highest BCUT2D eigenvalue weighted by Crippen LogP contribution is 2.27. The molecule has 0 saturated carbocycles. The van der Waals surface area contributed by atoms with E-state index in [0.29, 0.717) is 19.0 Å². The lowest BCUT2D eigenvalue weighted by Gasteiger charge is -2.20. The Balaban J connectivity index is 0.00000150. The summed E-state index contributed by atoms with van der Waals surface area (Å²) in [6, 6.07) is 19.0. The number of carbonyl (C=O) groups excluding carboxylic acids is 1. The van der Waals surface area contributed by atoms with E-state index in [9.17, 15) is 4.79 Å². The Morgan fingerprint density at radius 2 is 1.76 bits per heavy atom. The zero-order valence-corrected chi connectivity index (χ0v) is 18.1. The highest BCUT2D eigenvalue weighted by Gasteiger charge is 2.31. The van der Waals surface area contributed by atoms with Gasteiger partial charge in [-0.15, -0.1) is 24.8 Å². The van der Waals surface area contributed by atoms with E-state index in [1.807, 2.05) is 18.2 Å². The molecule has 1 fully saturated rings. The average molecular weight is 437 g/mol. The summed E-state index contributed by atoms with van der Waals surface area (Å²) in [4.78, 5) is 16.9. The van der Waals surface area contributed by atoms with Crippen LogP contribution in [0, 0.1) is 0 Å². The topological polar surface area (TPSA) is 61.6 Å². The zero-order chi connectivity index (χ0) is 18.6. The molecular weight excluding hydrogens is 407 g/mol. The van der Waals surface area contributed by atoms with Crippen LogP contribution in [0.25, 0.3) is 0 Å². The van der Waals surface area contributed by atoms with E-state index in [1.165, 1.54) is 16.8 Å². The van der Waals surface area contributed by atoms with Gasteiger partial charge in [-0.1, -0.05) is 48.5 Å². The summed E-state index contributed by atoms with van der Waals surface area (Å²) in [5.41, 5.74) is 10.3. The maximum Gasteiger partial charge on any atom is 0.234 e. The van der Waals surface area contributed by atoms with E-state index in [1.54, 1.807) is 0 Å². The van der Waals surface area contributed by atoms with Crippen LogP contribution in [-0.4, -0.2) is 56.1 Å². The fraction of sp³-hybridized carbons (Fsp3) is 0.409. The van der Waals surface area contributed by atoms with Gasteiger partial charge in [-0.25, -0.2) is 0 Å². The molecule has 158 valence electrons. The third kappa shape index (κ3) is 5.64. The van der Waals surface area contributed by atoms with Crippen molar-refractivity contribution in [3.8, 4) is 0 Å². The van der Waals surface area contributed by atoms with Crippen molar-refractivity contribution in [2.75, 3.05) is 44.2 Å². The SMILES string of the molecule is Cl.Cl.N[C@@H]1CN(CC(=O)NCCN2CCc3ccccc32)C[C@H]1c1ccccc1. The van der Waals surface area contributed by atoms with E-state index in [-0.39, 0.29) is 36.8 Å². The summed E-state index contributed by atoms with van der Waals surface area (Å²) < 4.78 is 0. The van der Waals surface area contributed by atoms with Gasteiger partial charge in [-0.2, -0.15) is 0 Å². The van der Waals surface area contributed by atoms with Crippen LogP contribution in [0.2, 0.25) is 0 Å². The smallest absolute Gasteiger partial charge is 0.234 e. The number of nitrogens with zero attached hydrogens (tertiary/aromatic N) is 2. The normalized spacial score (nSPS) is 20.5. The van der Waals surface area contributed by atoms with E-state index in [4.69, 9.17) is 5.73 Å². The first kappa shape index (κ1) is 23.5. The van der Waals surface area contributed by atoms with Crippen molar-refractivity contribution in [1.29, 1.82) is 0 Å². The molecule has 29 heavy (non-hydrogen) atoms. The molecule has 0 aromatic heterocycles. The predicted molar refractivity (Wildman–Crippen MR) is 123 cm³/mol. The Morgan fingerprint density at radius 3 is 2.55 bits per heavy atom. The van der Waals surface area contributed by atoms with Gasteiger partial charge in [0.2, 0.25) is 5.91 Å². The van der Waals surface area contributed by atoms with Crippen LogP contribution in [0.4, 0.5) is 5.69 Å². The summed E-state index contributed by atoms with van der Waals surface area (Å²) in [5.74, 6) is 0.392. The molecule has 0 radical (unpaired) electrons. The van der Waals surface area contributed by atoms with Crippen LogP contribution < -0.4 is 16.0 Å². The lowest BCUT2D eigenvalue weighted by Crippen LogP contribution is -2.40. The molecule has 2 heterocycles. The molecule has 3 N–H and O–H groups in total. The molecule has 7 heteroatoms. The standard InChI is InChI=1S/C22H28N4O.2ClH/c23-20-15-25(14-19(20)17-6-2-1-3-7-17)16-22(27)24-11-13-26-12-10-18-8-4-5-9-21(18)26;;/h1-9,19-20H,10-16,23H2,(H,24,27);2*1H/t19-,20+;;/m0../s1. The summed E-state index contributed by atoms with van der Waals surface area (Å²) in [5, 5.41) is 3.07. The number of nitrogens with two attached hydrogens (primary N) is 1. The van der Waals surface area contributed by atoms with Crippen LogP contribution in [0.3, 0.4) is 0 Å². The summed E-state index contributed by atoms with van der Waals surface area (Å²) >= 11 is 0. The monoisotopic (exact) mass is 436 g/mol. The van der Waals surface area contributed by atoms with Crippen LogP contribution in [0.1, 0.15) is 17.0 Å². The molecule has 1 amide bonds. The number of para-hydroxylation sites is 1. The Morgan fingerprint density at radius 1 is 1.03 bits per heavy atom. The number of rotatable bonds is 6. The van der Waals surface area contributed by atoms with E-state index in [2.05, 4.69) is 51.5 Å². The first-order valence-corrected chi connectivity index (χ1v) is 9.83. The lowest BCUT2D eigenvalue weighted by molar-refractivity contribution is -0.121. The van der Waals surface area contributed by atoms with Gasteiger partial charge in [-0.05, 0) is 23.6 Å². The molecule has 1 saturated heterocycles. The number of nitrogens with one attached hydrogen (secondary N) is 1. The van der Waals surface area contributed by atoms with Crippen molar-refractivity contribution in [1.82, 2.24) is 10.2 Å². The van der Waals surface area contributed by atoms with Crippen molar-refractivity contribution in [2.45, 2.75) is 18.4 Å². The van der Waals surface area contributed by atoms with Gasteiger partial charge in [-0.3, -0.25) is 9.69 Å². The van der Waals surface area contributed by atoms with Crippen molar-refractivity contribution in [3.05, 3.63) is 65.7 Å². The third-order valence-corrected chi connectivity index (χ3v) is 5.72. The van der Waals surface area contributed by atoms with E-state index < -0.39 is 0 Å². The number of benzene rings is 2. The number of likely N-dealkylation sites (tertiary alicyclic amines) is 1. The maximum atomic E-state index is 12.4. The molecule has 4 rings (SSSR count). The van der Waals surface area contributed by atoms with Crippen molar-refractivity contribution >= 4 is 36.4 Å². The van der Waals surface area contributed by atoms with E-state index >= 15 is 0 Å². The Kier molecular flexibility index (Phi) is 8.78. The largest absolute Gasteiger partial charge is 0.369 e. The first-order chi connectivity index (χ1) is 13.2. The van der Waals surface area contributed by atoms with E-state index in [0.717, 1.165) is 32.6 Å². The van der Waals surface area contributed by atoms with Crippen LogP contribution in [-0.2, 0) is 11.2 Å². The number of fused-ring (bicyclic) bond motifs is 1. The third-order valence-electron chi connectivity index (χ3n) is 5.72. The number of amides is 1.